The Kier molecular flexibility index (Phi) is 3.39. The maximum absolute atomic E-state index is 11.2. The minimum Gasteiger partial charge on any atom is -0.478 e. The van der Waals surface area contributed by atoms with Gasteiger partial charge in [-0.3, -0.25) is 0 Å². The zero-order valence-electron chi connectivity index (χ0n) is 10.7. The number of hydrogen-bond donors (Lipinski definition) is 2. The highest BCUT2D eigenvalue weighted by atomic mass is 16.4. The molecule has 0 aliphatic rings. The van der Waals surface area contributed by atoms with Crippen LogP contribution in [0.2, 0.25) is 0 Å². The van der Waals surface area contributed by atoms with Gasteiger partial charge in [-0.25, -0.2) is 4.79 Å². The van der Waals surface area contributed by atoms with Gasteiger partial charge in [0.25, 0.3) is 0 Å². The molecule has 1 heterocycles. The van der Waals surface area contributed by atoms with Gasteiger partial charge in [0.1, 0.15) is 0 Å². The molecule has 0 aliphatic heterocycles. The third-order valence-corrected chi connectivity index (χ3v) is 3.30. The van der Waals surface area contributed by atoms with Crippen molar-refractivity contribution in [2.24, 2.45) is 12.8 Å². The number of fused-ring (bicyclic) bond motifs is 1. The molecule has 2 aromatic rings. The lowest BCUT2D eigenvalue weighted by Crippen LogP contribution is -2.01. The van der Waals surface area contributed by atoms with E-state index in [0.717, 1.165) is 29.3 Å². The lowest BCUT2D eigenvalue weighted by atomic mass is 10.0. The highest BCUT2D eigenvalue weighted by Crippen LogP contribution is 2.25. The first-order chi connectivity index (χ1) is 8.54. The van der Waals surface area contributed by atoms with Gasteiger partial charge >= 0.3 is 5.97 Å². The Morgan fingerprint density at radius 2 is 2.17 bits per heavy atom. The van der Waals surface area contributed by atoms with Crippen molar-refractivity contribution < 1.29 is 9.90 Å². The molecule has 0 unspecified atom stereocenters. The van der Waals surface area contributed by atoms with Crippen LogP contribution in [0.3, 0.4) is 0 Å². The summed E-state index contributed by atoms with van der Waals surface area (Å²) >= 11 is 0. The van der Waals surface area contributed by atoms with E-state index in [1.54, 1.807) is 6.07 Å². The van der Waals surface area contributed by atoms with Gasteiger partial charge in [-0.15, -0.1) is 0 Å². The van der Waals surface area contributed by atoms with Gasteiger partial charge in [0.2, 0.25) is 0 Å². The summed E-state index contributed by atoms with van der Waals surface area (Å²) in [6, 6.07) is 3.71. The van der Waals surface area contributed by atoms with Crippen LogP contribution in [0.5, 0.6) is 0 Å². The second-order valence-corrected chi connectivity index (χ2v) is 4.65. The summed E-state index contributed by atoms with van der Waals surface area (Å²) in [5, 5.41) is 10.2. The number of nitrogens with zero attached hydrogens (tertiary/aromatic N) is 1. The van der Waals surface area contributed by atoms with E-state index in [9.17, 15) is 9.90 Å². The molecule has 1 aromatic carbocycles. The summed E-state index contributed by atoms with van der Waals surface area (Å²) in [6.07, 6.45) is 3.86. The number of nitrogens with two attached hydrogens (primary N) is 1. The molecular formula is C14H18N2O2. The summed E-state index contributed by atoms with van der Waals surface area (Å²) in [5.74, 6) is -0.872. The van der Waals surface area contributed by atoms with E-state index in [1.807, 2.05) is 24.6 Å². The standard InChI is InChI=1S/C14H18N2O2/c1-9-6-13-12(7-11(9)14(17)18)10(4-3-5-15)8-16(13)2/h6-8H,3-5,15H2,1-2H3,(H,17,18). The van der Waals surface area contributed by atoms with Gasteiger partial charge in [-0.2, -0.15) is 0 Å². The molecule has 0 saturated heterocycles. The average Bonchev–Trinajstić information content (AvgIpc) is 2.62. The lowest BCUT2D eigenvalue weighted by Gasteiger charge is -2.04. The third kappa shape index (κ3) is 2.11. The average molecular weight is 246 g/mol. The molecule has 0 spiro atoms. The van der Waals surface area contributed by atoms with E-state index in [2.05, 4.69) is 6.20 Å². The largest absolute Gasteiger partial charge is 0.478 e. The van der Waals surface area contributed by atoms with Crippen molar-refractivity contribution in [3.63, 3.8) is 0 Å². The van der Waals surface area contributed by atoms with Gasteiger partial charge in [0, 0.05) is 24.1 Å². The molecule has 0 amide bonds. The molecule has 0 atom stereocenters. The number of benzene rings is 1. The topological polar surface area (TPSA) is 68.2 Å². The molecule has 1 aromatic heterocycles. The van der Waals surface area contributed by atoms with Gasteiger partial charge in [-0.05, 0) is 49.6 Å². The van der Waals surface area contributed by atoms with Crippen LogP contribution in [0.1, 0.15) is 27.9 Å². The van der Waals surface area contributed by atoms with Crippen LogP contribution >= 0.6 is 0 Å². The smallest absolute Gasteiger partial charge is 0.335 e. The van der Waals surface area contributed by atoms with Crippen LogP contribution in [0, 0.1) is 6.92 Å². The van der Waals surface area contributed by atoms with Crippen molar-refractivity contribution in [3.05, 3.63) is 35.0 Å². The molecular weight excluding hydrogens is 228 g/mol. The molecule has 3 N–H and O–H groups in total. The zero-order chi connectivity index (χ0) is 13.3. The Hall–Kier alpha value is -1.81. The van der Waals surface area contributed by atoms with Gasteiger partial charge < -0.3 is 15.4 Å². The Morgan fingerprint density at radius 1 is 1.44 bits per heavy atom. The van der Waals surface area contributed by atoms with Crippen molar-refractivity contribution in [3.8, 4) is 0 Å². The van der Waals surface area contributed by atoms with E-state index in [-0.39, 0.29) is 0 Å². The highest BCUT2D eigenvalue weighted by molar-refractivity contribution is 5.96. The second kappa shape index (κ2) is 4.82. The van der Waals surface area contributed by atoms with Crippen LogP contribution < -0.4 is 5.73 Å². The molecule has 0 aliphatic carbocycles. The van der Waals surface area contributed by atoms with E-state index in [1.165, 1.54) is 5.56 Å². The normalized spacial score (nSPS) is 11.1. The zero-order valence-corrected chi connectivity index (χ0v) is 10.7. The first kappa shape index (κ1) is 12.6. The molecule has 0 bridgehead atoms. The van der Waals surface area contributed by atoms with Gasteiger partial charge in [0.05, 0.1) is 5.56 Å². The Balaban J connectivity index is 2.60. The number of hydrogen-bond acceptors (Lipinski definition) is 2. The van der Waals surface area contributed by atoms with E-state index < -0.39 is 5.97 Å². The summed E-state index contributed by atoms with van der Waals surface area (Å²) in [7, 11) is 1.98. The molecule has 4 heteroatoms. The number of carbonyl (C=O) groups is 1. The van der Waals surface area contributed by atoms with Crippen molar-refractivity contribution in [1.82, 2.24) is 4.57 Å². The Labute approximate surface area is 106 Å². The summed E-state index contributed by atoms with van der Waals surface area (Å²) in [5.41, 5.74) is 8.94. The Bertz CT molecular complexity index is 599. The minimum atomic E-state index is -0.872. The molecule has 2 rings (SSSR count). The van der Waals surface area contributed by atoms with Crippen LogP contribution in [0.4, 0.5) is 0 Å². The van der Waals surface area contributed by atoms with Crippen LogP contribution in [0.15, 0.2) is 18.3 Å². The first-order valence-electron chi connectivity index (χ1n) is 6.06. The lowest BCUT2D eigenvalue weighted by molar-refractivity contribution is 0.0696. The number of aromatic carboxylic acids is 1. The van der Waals surface area contributed by atoms with Crippen LogP contribution in [-0.2, 0) is 13.5 Å². The number of aromatic nitrogens is 1. The number of carboxylic acids is 1. The van der Waals surface area contributed by atoms with Gasteiger partial charge in [-0.1, -0.05) is 0 Å². The SMILES string of the molecule is Cc1cc2c(cc1C(=O)O)c(CCCN)cn2C. The maximum atomic E-state index is 11.2. The van der Waals surface area contributed by atoms with E-state index >= 15 is 0 Å². The molecule has 18 heavy (non-hydrogen) atoms. The number of aryl methyl sites for hydroxylation is 3. The monoisotopic (exact) mass is 246 g/mol. The fourth-order valence-electron chi connectivity index (χ4n) is 2.34. The fraction of sp³-hybridized carbons (Fsp3) is 0.357. The summed E-state index contributed by atoms with van der Waals surface area (Å²) in [6.45, 7) is 2.48. The molecule has 0 saturated carbocycles. The molecule has 0 fully saturated rings. The number of rotatable bonds is 4. The second-order valence-electron chi connectivity index (χ2n) is 4.65. The minimum absolute atomic E-state index is 0.377. The van der Waals surface area contributed by atoms with E-state index in [0.29, 0.717) is 12.1 Å². The summed E-state index contributed by atoms with van der Waals surface area (Å²) < 4.78 is 2.04. The number of carboxylic acid groups (broad SMARTS) is 1. The predicted octanol–water partition coefficient (Wildman–Crippen LogP) is 2.08. The fourth-order valence-corrected chi connectivity index (χ4v) is 2.34. The quantitative estimate of drug-likeness (QED) is 0.867. The first-order valence-corrected chi connectivity index (χ1v) is 6.06. The molecule has 96 valence electrons. The van der Waals surface area contributed by atoms with Crippen LogP contribution in [0.25, 0.3) is 10.9 Å². The molecule has 4 nitrogen and oxygen atoms in total. The van der Waals surface area contributed by atoms with E-state index in [4.69, 9.17) is 5.73 Å². The van der Waals surface area contributed by atoms with Crippen molar-refractivity contribution in [2.75, 3.05) is 6.54 Å². The Morgan fingerprint density at radius 3 is 2.78 bits per heavy atom. The van der Waals surface area contributed by atoms with Crippen molar-refractivity contribution in [2.45, 2.75) is 19.8 Å². The molecule has 0 radical (unpaired) electrons. The third-order valence-electron chi connectivity index (χ3n) is 3.30. The summed E-state index contributed by atoms with van der Waals surface area (Å²) in [4.78, 5) is 11.2. The van der Waals surface area contributed by atoms with Crippen LogP contribution in [-0.4, -0.2) is 22.2 Å². The predicted molar refractivity (Wildman–Crippen MR) is 72.0 cm³/mol. The van der Waals surface area contributed by atoms with Crippen molar-refractivity contribution in [1.29, 1.82) is 0 Å². The maximum Gasteiger partial charge on any atom is 0.335 e. The van der Waals surface area contributed by atoms with Gasteiger partial charge in [0.15, 0.2) is 0 Å². The highest BCUT2D eigenvalue weighted by Gasteiger charge is 2.13. The van der Waals surface area contributed by atoms with Crippen molar-refractivity contribution >= 4 is 16.9 Å².